The number of Topliss-reactive ketones (excluding diaryl/α,β-unsaturated/α-hetero) is 1. The molecule has 0 aliphatic heterocycles. The van der Waals surface area contributed by atoms with Gasteiger partial charge in [-0.25, -0.2) is 14.5 Å². The number of hydrogen-bond acceptors (Lipinski definition) is 3. The van der Waals surface area contributed by atoms with E-state index < -0.39 is 0 Å². The van der Waals surface area contributed by atoms with Crippen molar-refractivity contribution in [3.8, 4) is 11.3 Å². The van der Waals surface area contributed by atoms with Crippen LogP contribution in [0.2, 0.25) is 0 Å². The number of unbranched alkanes of at least 4 members (excludes halogenated alkanes) is 2. The molecule has 3 aromatic carbocycles. The van der Waals surface area contributed by atoms with Crippen LogP contribution in [-0.4, -0.2) is 26.6 Å². The van der Waals surface area contributed by atoms with Gasteiger partial charge in [-0.3, -0.25) is 9.59 Å². The Morgan fingerprint density at radius 1 is 0.974 bits per heavy atom. The molecule has 0 bridgehead atoms. The zero-order valence-electron chi connectivity index (χ0n) is 21.7. The minimum Gasteiger partial charge on any atom is -0.343 e. The van der Waals surface area contributed by atoms with Gasteiger partial charge in [-0.2, -0.15) is 0 Å². The van der Waals surface area contributed by atoms with E-state index >= 15 is 0 Å². The molecule has 38 heavy (non-hydrogen) atoms. The Morgan fingerprint density at radius 2 is 1.79 bits per heavy atom. The van der Waals surface area contributed by atoms with Crippen molar-refractivity contribution in [2.45, 2.75) is 58.0 Å². The Labute approximate surface area is 222 Å². The minimum atomic E-state index is -0.246. The second-order valence-electron chi connectivity index (χ2n) is 9.77. The van der Waals surface area contributed by atoms with Crippen LogP contribution in [0.15, 0.2) is 79.3 Å². The molecule has 0 aliphatic carbocycles. The van der Waals surface area contributed by atoms with Crippen LogP contribution in [-0.2, 0) is 16.1 Å². The van der Waals surface area contributed by atoms with Crippen molar-refractivity contribution in [1.82, 2.24) is 20.3 Å². The van der Waals surface area contributed by atoms with Gasteiger partial charge in [0, 0.05) is 18.4 Å². The average molecular weight is 509 g/mol. The molecule has 1 amide bonds. The number of H-pyrrole nitrogens is 2. The molecule has 5 rings (SSSR count). The van der Waals surface area contributed by atoms with E-state index in [0.29, 0.717) is 18.6 Å². The maximum atomic E-state index is 13.1. The third-order valence-electron chi connectivity index (χ3n) is 7.07. The van der Waals surface area contributed by atoms with Crippen molar-refractivity contribution in [1.29, 1.82) is 0 Å². The molecule has 7 heteroatoms. The first-order valence-electron chi connectivity index (χ1n) is 13.4. The highest BCUT2D eigenvalue weighted by atomic mass is 16.2. The van der Waals surface area contributed by atoms with Crippen molar-refractivity contribution in [3.05, 3.63) is 85.1 Å². The fraction of sp³-hybridized carbons (Fsp3) is 0.290. The summed E-state index contributed by atoms with van der Waals surface area (Å²) in [5.41, 5.74) is 3.95. The van der Waals surface area contributed by atoms with Crippen LogP contribution in [0.3, 0.4) is 0 Å². The molecule has 0 saturated heterocycles. The Hall–Kier alpha value is -4.26. The summed E-state index contributed by atoms with van der Waals surface area (Å²) in [5, 5.41) is 5.57. The van der Waals surface area contributed by atoms with E-state index in [-0.39, 0.29) is 18.5 Å². The Kier molecular flexibility index (Phi) is 7.92. The largest absolute Gasteiger partial charge is 0.343 e. The molecule has 5 aromatic rings. The molecule has 0 aliphatic rings. The van der Waals surface area contributed by atoms with Gasteiger partial charge in [-0.1, -0.05) is 68.3 Å². The normalized spacial score (nSPS) is 12.1. The first kappa shape index (κ1) is 25.4. The van der Waals surface area contributed by atoms with Gasteiger partial charge < -0.3 is 10.3 Å². The quantitative estimate of drug-likeness (QED) is 0.147. The lowest BCUT2D eigenvalue weighted by molar-refractivity contribution is -0.658. The molecule has 0 radical (unpaired) electrons. The molecule has 2 heterocycles. The van der Waals surface area contributed by atoms with Crippen LogP contribution in [0.25, 0.3) is 33.1 Å². The second kappa shape index (κ2) is 11.9. The molecule has 0 spiro atoms. The van der Waals surface area contributed by atoms with Crippen molar-refractivity contribution < 1.29 is 14.2 Å². The number of rotatable bonds is 12. The number of nitrogens with one attached hydrogen (secondary N) is 3. The molecular weight excluding hydrogens is 474 g/mol. The van der Waals surface area contributed by atoms with Gasteiger partial charge in [0.15, 0.2) is 17.6 Å². The van der Waals surface area contributed by atoms with Crippen molar-refractivity contribution in [2.75, 3.05) is 0 Å². The van der Waals surface area contributed by atoms with E-state index in [0.717, 1.165) is 53.8 Å². The minimum absolute atomic E-state index is 0.0745. The fourth-order valence-corrected chi connectivity index (χ4v) is 4.91. The van der Waals surface area contributed by atoms with E-state index in [1.165, 1.54) is 10.8 Å². The van der Waals surface area contributed by atoms with E-state index in [2.05, 4.69) is 50.6 Å². The molecule has 7 nitrogen and oxygen atoms in total. The summed E-state index contributed by atoms with van der Waals surface area (Å²) in [6.45, 7) is 2.12. The lowest BCUT2D eigenvalue weighted by Crippen LogP contribution is -2.43. The molecule has 0 fully saturated rings. The van der Waals surface area contributed by atoms with E-state index in [1.54, 1.807) is 0 Å². The first-order valence-corrected chi connectivity index (χ1v) is 13.4. The molecule has 1 atom stereocenters. The number of fused-ring (bicyclic) bond motifs is 2. The third kappa shape index (κ3) is 5.99. The first-order chi connectivity index (χ1) is 18.6. The zero-order chi connectivity index (χ0) is 26.3. The fourth-order valence-electron chi connectivity index (χ4n) is 4.91. The number of hydrogen-bond donors (Lipinski definition) is 3. The van der Waals surface area contributed by atoms with Gasteiger partial charge in [0.05, 0.1) is 17.9 Å². The van der Waals surface area contributed by atoms with Crippen LogP contribution in [0.4, 0.5) is 0 Å². The number of para-hydroxylation sites is 2. The molecule has 3 N–H and O–H groups in total. The van der Waals surface area contributed by atoms with Gasteiger partial charge in [0.2, 0.25) is 6.33 Å². The number of ketones is 1. The number of aromatic amines is 2. The van der Waals surface area contributed by atoms with E-state index in [1.807, 2.05) is 60.4 Å². The van der Waals surface area contributed by atoms with Crippen molar-refractivity contribution in [3.63, 3.8) is 0 Å². The van der Waals surface area contributed by atoms with Crippen LogP contribution in [0, 0.1) is 0 Å². The lowest BCUT2D eigenvalue weighted by atomic mass is 10.0. The van der Waals surface area contributed by atoms with Gasteiger partial charge >= 0.3 is 0 Å². The predicted molar refractivity (Wildman–Crippen MR) is 149 cm³/mol. The third-order valence-corrected chi connectivity index (χ3v) is 7.07. The molecule has 194 valence electrons. The van der Waals surface area contributed by atoms with Gasteiger partial charge in [0.25, 0.3) is 5.91 Å². The molecular formula is C31H34N5O2+. The maximum absolute atomic E-state index is 13.1. The SMILES string of the molecule is CCC(=O)CCCCC[C@H](NC(=O)C[n+]1c[nH]c2ccccc21)c1ncc(-c2ccc3ccccc3c2)[nH]1. The Balaban J connectivity index is 1.31. The molecule has 0 unspecified atom stereocenters. The molecule has 2 aromatic heterocycles. The number of carbonyl (C=O) groups excluding carboxylic acids is 2. The summed E-state index contributed by atoms with van der Waals surface area (Å²) in [5.74, 6) is 0.973. The standard InChI is InChI=1S/C31H33N5O2/c1-2-25(37)12-4-3-5-14-27(34-30(38)20-36-21-33-26-13-8-9-15-29(26)36)31-32-19-28(35-31)24-17-16-22-10-6-7-11-23(22)18-24/h6-11,13,15-19,21,27H,2-5,12,14,20H2,1H3,(H2,32,34,35,38)/p+1/t27-/m0/s1. The van der Waals surface area contributed by atoms with Crippen LogP contribution in [0.5, 0.6) is 0 Å². The number of nitrogens with zero attached hydrogens (tertiary/aromatic N) is 2. The number of amides is 1. The number of benzene rings is 3. The Morgan fingerprint density at radius 3 is 2.66 bits per heavy atom. The lowest BCUT2D eigenvalue weighted by Gasteiger charge is -2.16. The van der Waals surface area contributed by atoms with Gasteiger partial charge in [-0.15, -0.1) is 0 Å². The summed E-state index contributed by atoms with van der Waals surface area (Å²) in [4.78, 5) is 36.2. The van der Waals surface area contributed by atoms with E-state index in [9.17, 15) is 9.59 Å². The highest BCUT2D eigenvalue weighted by Crippen LogP contribution is 2.26. The Bertz CT molecular complexity index is 1550. The maximum Gasteiger partial charge on any atom is 0.262 e. The van der Waals surface area contributed by atoms with Crippen molar-refractivity contribution >= 4 is 33.5 Å². The van der Waals surface area contributed by atoms with Gasteiger partial charge in [0.1, 0.15) is 11.6 Å². The van der Waals surface area contributed by atoms with E-state index in [4.69, 9.17) is 0 Å². The summed E-state index contributed by atoms with van der Waals surface area (Å²) >= 11 is 0. The van der Waals surface area contributed by atoms with Crippen LogP contribution in [0.1, 0.15) is 57.3 Å². The highest BCUT2D eigenvalue weighted by molar-refractivity contribution is 5.86. The highest BCUT2D eigenvalue weighted by Gasteiger charge is 2.21. The summed E-state index contributed by atoms with van der Waals surface area (Å²) in [6.07, 6.45) is 8.34. The summed E-state index contributed by atoms with van der Waals surface area (Å²) < 4.78 is 1.92. The second-order valence-corrected chi connectivity index (χ2v) is 9.77. The van der Waals surface area contributed by atoms with Crippen molar-refractivity contribution in [2.24, 2.45) is 0 Å². The summed E-state index contributed by atoms with van der Waals surface area (Å²) in [6, 6.07) is 22.3. The summed E-state index contributed by atoms with van der Waals surface area (Å²) in [7, 11) is 0. The topological polar surface area (TPSA) is 94.5 Å². The predicted octanol–water partition coefficient (Wildman–Crippen LogP) is 5.79. The number of carbonyl (C=O) groups is 2. The monoisotopic (exact) mass is 508 g/mol. The van der Waals surface area contributed by atoms with Crippen LogP contribution < -0.4 is 9.88 Å². The average Bonchev–Trinajstić information content (AvgIpc) is 3.60. The van der Waals surface area contributed by atoms with Crippen LogP contribution >= 0.6 is 0 Å². The zero-order valence-corrected chi connectivity index (χ0v) is 21.7. The number of aromatic nitrogens is 4. The molecule has 0 saturated carbocycles. The van der Waals surface area contributed by atoms with Gasteiger partial charge in [-0.05, 0) is 41.8 Å². The number of imidazole rings is 2. The smallest absolute Gasteiger partial charge is 0.262 e.